The van der Waals surface area contributed by atoms with E-state index in [1.54, 1.807) is 7.11 Å². The Hall–Kier alpha value is -3.32. The van der Waals surface area contributed by atoms with E-state index in [0.717, 1.165) is 40.9 Å². The number of nitrogens with zero attached hydrogens (tertiary/aromatic N) is 3. The van der Waals surface area contributed by atoms with Crippen LogP contribution in [0.5, 0.6) is 23.1 Å². The Morgan fingerprint density at radius 3 is 2.69 bits per heavy atom. The van der Waals surface area contributed by atoms with Crippen molar-refractivity contribution in [2.24, 2.45) is 0 Å². The first kappa shape index (κ1) is 23.4. The van der Waals surface area contributed by atoms with Crippen LogP contribution in [0.2, 0.25) is 0 Å². The number of aromatic nitrogens is 2. The fourth-order valence-corrected chi connectivity index (χ4v) is 5.01. The molecule has 0 saturated carbocycles. The van der Waals surface area contributed by atoms with Crippen molar-refractivity contribution in [3.05, 3.63) is 48.3 Å². The summed E-state index contributed by atoms with van der Waals surface area (Å²) in [5, 5.41) is 4.33. The summed E-state index contributed by atoms with van der Waals surface area (Å²) >= 11 is 0. The highest BCUT2D eigenvalue weighted by molar-refractivity contribution is 5.87. The maximum Gasteiger partial charge on any atom is 0.230 e. The molecule has 0 atom stereocenters. The van der Waals surface area contributed by atoms with Crippen molar-refractivity contribution in [2.75, 3.05) is 38.7 Å². The van der Waals surface area contributed by atoms with Crippen molar-refractivity contribution < 1.29 is 14.2 Å². The molecule has 0 bridgehead atoms. The maximum atomic E-state index is 6.24. The molecule has 2 aromatic carbocycles. The topological polar surface area (TPSA) is 68.7 Å². The van der Waals surface area contributed by atoms with Crippen LogP contribution >= 0.6 is 0 Å². The Kier molecular flexibility index (Phi) is 6.52. The molecule has 0 radical (unpaired) electrons. The van der Waals surface area contributed by atoms with Gasteiger partial charge < -0.3 is 24.4 Å². The van der Waals surface area contributed by atoms with Crippen LogP contribution in [0, 0.1) is 0 Å². The third-order valence-corrected chi connectivity index (χ3v) is 6.62. The Morgan fingerprint density at radius 2 is 1.89 bits per heavy atom. The molecule has 0 unspecified atom stereocenters. The van der Waals surface area contributed by atoms with Gasteiger partial charge in [-0.25, -0.2) is 9.97 Å². The van der Waals surface area contributed by atoms with Crippen LogP contribution in [0.1, 0.15) is 45.6 Å². The van der Waals surface area contributed by atoms with Crippen LogP contribution in [-0.4, -0.2) is 53.8 Å². The molecule has 35 heavy (non-hydrogen) atoms. The average molecular weight is 475 g/mol. The van der Waals surface area contributed by atoms with Crippen LogP contribution in [0.25, 0.3) is 16.5 Å². The molecule has 3 heterocycles. The minimum absolute atomic E-state index is 0.0766. The normalized spacial score (nSPS) is 17.0. The van der Waals surface area contributed by atoms with E-state index >= 15 is 0 Å². The van der Waals surface area contributed by atoms with Gasteiger partial charge in [0.25, 0.3) is 0 Å². The summed E-state index contributed by atoms with van der Waals surface area (Å²) in [6.07, 6.45) is 7.35. The molecule has 0 amide bonds. The number of ether oxygens (including phenoxy) is 3. The molecule has 7 nitrogen and oxygen atoms in total. The second-order valence-electron chi connectivity index (χ2n) is 9.93. The zero-order valence-electron chi connectivity index (χ0n) is 21.1. The second-order valence-corrected chi connectivity index (χ2v) is 9.93. The zero-order valence-corrected chi connectivity index (χ0v) is 21.1. The molecule has 3 aromatic rings. The Bertz CT molecular complexity index is 1250. The summed E-state index contributed by atoms with van der Waals surface area (Å²) in [6.45, 7) is 10.6. The first-order valence-corrected chi connectivity index (χ1v) is 12.4. The van der Waals surface area contributed by atoms with Crippen LogP contribution in [0.3, 0.4) is 0 Å². The second kappa shape index (κ2) is 9.74. The van der Waals surface area contributed by atoms with E-state index in [9.17, 15) is 0 Å². The van der Waals surface area contributed by atoms with Gasteiger partial charge in [-0.05, 0) is 83.0 Å². The van der Waals surface area contributed by atoms with E-state index in [1.165, 1.54) is 37.8 Å². The number of anilines is 1. The standard InChI is InChI=1S/C28H34N4O3/c1-19-17-28(2,3)31-23-9-8-20(14-21(19)23)35-27-22-15-25(33-4)26(16-24(22)29-18-30-27)34-13-7-12-32-10-5-6-11-32/h8-9,14-18,31H,5-7,10-13H2,1-4H3. The Labute approximate surface area is 207 Å². The van der Waals surface area contributed by atoms with Crippen LogP contribution in [0.15, 0.2) is 42.7 Å². The summed E-state index contributed by atoms with van der Waals surface area (Å²) < 4.78 is 18.0. The molecule has 0 spiro atoms. The molecular formula is C28H34N4O3. The number of rotatable bonds is 8. The Morgan fingerprint density at radius 1 is 1.06 bits per heavy atom. The first-order chi connectivity index (χ1) is 16.9. The number of allylic oxidation sites excluding steroid dienone is 1. The van der Waals surface area contributed by atoms with Crippen molar-refractivity contribution in [3.63, 3.8) is 0 Å². The zero-order chi connectivity index (χ0) is 24.4. The fourth-order valence-electron chi connectivity index (χ4n) is 5.01. The van der Waals surface area contributed by atoms with Crippen molar-refractivity contribution >= 4 is 22.2 Å². The van der Waals surface area contributed by atoms with Crippen LogP contribution < -0.4 is 19.5 Å². The van der Waals surface area contributed by atoms with Gasteiger partial charge in [0.15, 0.2) is 11.5 Å². The lowest BCUT2D eigenvalue weighted by Gasteiger charge is -2.31. The van der Waals surface area contributed by atoms with Crippen LogP contribution in [0.4, 0.5) is 5.69 Å². The molecule has 5 rings (SSSR count). The van der Waals surface area contributed by atoms with E-state index in [0.29, 0.717) is 24.0 Å². The number of nitrogens with one attached hydrogen (secondary N) is 1. The monoisotopic (exact) mass is 474 g/mol. The van der Waals surface area contributed by atoms with Gasteiger partial charge in [0.05, 0.1) is 30.2 Å². The number of likely N-dealkylation sites (tertiary alicyclic amines) is 1. The largest absolute Gasteiger partial charge is 0.493 e. The minimum atomic E-state index is -0.0766. The lowest BCUT2D eigenvalue weighted by atomic mass is 9.91. The highest BCUT2D eigenvalue weighted by Crippen LogP contribution is 2.39. The molecule has 184 valence electrons. The summed E-state index contributed by atoms with van der Waals surface area (Å²) in [6, 6.07) is 9.87. The smallest absolute Gasteiger partial charge is 0.230 e. The molecule has 2 aliphatic heterocycles. The van der Waals surface area contributed by atoms with Gasteiger partial charge in [0, 0.05) is 23.9 Å². The van der Waals surface area contributed by atoms with E-state index in [-0.39, 0.29) is 5.54 Å². The summed E-state index contributed by atoms with van der Waals surface area (Å²) in [5.41, 5.74) is 4.12. The average Bonchev–Trinajstić information content (AvgIpc) is 3.35. The highest BCUT2D eigenvalue weighted by atomic mass is 16.5. The SMILES string of the molecule is COc1cc2c(Oc3ccc4c(c3)C(C)=CC(C)(C)N4)ncnc2cc1OCCCN1CCCC1. The quantitative estimate of drug-likeness (QED) is 0.408. The number of fused-ring (bicyclic) bond motifs is 2. The van der Waals surface area contributed by atoms with E-state index < -0.39 is 0 Å². The first-order valence-electron chi connectivity index (χ1n) is 12.4. The molecule has 2 aliphatic rings. The number of hydrogen-bond donors (Lipinski definition) is 1. The van der Waals surface area contributed by atoms with Crippen molar-refractivity contribution in [2.45, 2.75) is 45.6 Å². The lowest BCUT2D eigenvalue weighted by molar-refractivity contribution is 0.254. The molecule has 0 aliphatic carbocycles. The highest BCUT2D eigenvalue weighted by Gasteiger charge is 2.23. The summed E-state index contributed by atoms with van der Waals surface area (Å²) in [7, 11) is 1.65. The third-order valence-electron chi connectivity index (χ3n) is 6.62. The maximum absolute atomic E-state index is 6.24. The molecule has 1 fully saturated rings. The summed E-state index contributed by atoms with van der Waals surface area (Å²) in [5.74, 6) is 2.54. The predicted octanol–water partition coefficient (Wildman–Crippen LogP) is 5.90. The van der Waals surface area contributed by atoms with Gasteiger partial charge in [-0.2, -0.15) is 0 Å². The molecule has 7 heteroatoms. The number of benzene rings is 2. The molecule has 1 saturated heterocycles. The van der Waals surface area contributed by atoms with Crippen molar-refractivity contribution in [3.8, 4) is 23.1 Å². The fraction of sp³-hybridized carbons (Fsp3) is 0.429. The molecule has 1 N–H and O–H groups in total. The van der Waals surface area contributed by atoms with Gasteiger partial charge in [-0.3, -0.25) is 0 Å². The van der Waals surface area contributed by atoms with E-state index in [2.05, 4.69) is 53.1 Å². The van der Waals surface area contributed by atoms with Crippen LogP contribution in [-0.2, 0) is 0 Å². The molecule has 1 aromatic heterocycles. The molecular weight excluding hydrogens is 440 g/mol. The number of hydrogen-bond acceptors (Lipinski definition) is 7. The Balaban J connectivity index is 1.35. The predicted molar refractivity (Wildman–Crippen MR) is 140 cm³/mol. The van der Waals surface area contributed by atoms with Gasteiger partial charge >= 0.3 is 0 Å². The number of methoxy groups -OCH3 is 1. The van der Waals surface area contributed by atoms with E-state index in [1.807, 2.05) is 24.3 Å². The van der Waals surface area contributed by atoms with Gasteiger partial charge in [0.1, 0.15) is 12.1 Å². The van der Waals surface area contributed by atoms with Gasteiger partial charge in [-0.15, -0.1) is 0 Å². The minimum Gasteiger partial charge on any atom is -0.493 e. The van der Waals surface area contributed by atoms with Crippen molar-refractivity contribution in [1.29, 1.82) is 0 Å². The lowest BCUT2D eigenvalue weighted by Crippen LogP contribution is -2.31. The van der Waals surface area contributed by atoms with Crippen molar-refractivity contribution in [1.82, 2.24) is 14.9 Å². The third kappa shape index (κ3) is 5.20. The van der Waals surface area contributed by atoms with E-state index in [4.69, 9.17) is 14.2 Å². The van der Waals surface area contributed by atoms with Gasteiger partial charge in [-0.1, -0.05) is 6.08 Å². The van der Waals surface area contributed by atoms with Gasteiger partial charge in [0.2, 0.25) is 5.88 Å². The summed E-state index contributed by atoms with van der Waals surface area (Å²) in [4.78, 5) is 11.4.